The van der Waals surface area contributed by atoms with Crippen LogP contribution in [0.4, 0.5) is 0 Å². The average Bonchev–Trinajstić information content (AvgIpc) is 2.61. The summed E-state index contributed by atoms with van der Waals surface area (Å²) >= 11 is 3.41. The van der Waals surface area contributed by atoms with Crippen molar-refractivity contribution in [3.05, 3.63) is 88.7 Å². The lowest BCUT2D eigenvalue weighted by Gasteiger charge is -2.11. The maximum absolute atomic E-state index is 12.5. The van der Waals surface area contributed by atoms with E-state index in [1.165, 1.54) is 0 Å². The van der Waals surface area contributed by atoms with Crippen LogP contribution in [0.1, 0.15) is 15.9 Å². The number of hydrogen-bond donors (Lipinski definition) is 1. The van der Waals surface area contributed by atoms with E-state index in [2.05, 4.69) is 26.2 Å². The van der Waals surface area contributed by atoms with Gasteiger partial charge in [-0.15, -0.1) is 0 Å². The van der Waals surface area contributed by atoms with Gasteiger partial charge in [0.1, 0.15) is 11.5 Å². The van der Waals surface area contributed by atoms with Crippen molar-refractivity contribution in [3.63, 3.8) is 0 Å². The Kier molecular flexibility index (Phi) is 5.23. The maximum atomic E-state index is 12.5. The molecule has 0 bridgehead atoms. The Balaban J connectivity index is 1.74. The molecule has 2 aromatic carbocycles. The number of aromatic nitrogens is 1. The van der Waals surface area contributed by atoms with Gasteiger partial charge in [-0.25, -0.2) is 0 Å². The summed E-state index contributed by atoms with van der Waals surface area (Å²) in [4.78, 5) is 16.4. The number of amides is 1. The number of halogens is 1. The van der Waals surface area contributed by atoms with E-state index in [1.807, 2.05) is 48.5 Å². The van der Waals surface area contributed by atoms with Gasteiger partial charge in [0.2, 0.25) is 0 Å². The predicted molar refractivity (Wildman–Crippen MR) is 96.1 cm³/mol. The molecule has 1 heterocycles. The highest BCUT2D eigenvalue weighted by Gasteiger charge is 2.12. The number of carbonyl (C=O) groups is 1. The smallest absolute Gasteiger partial charge is 0.255 e. The molecule has 3 rings (SSSR count). The van der Waals surface area contributed by atoms with E-state index >= 15 is 0 Å². The van der Waals surface area contributed by atoms with Crippen molar-refractivity contribution in [2.45, 2.75) is 6.54 Å². The van der Waals surface area contributed by atoms with E-state index in [9.17, 15) is 4.79 Å². The maximum Gasteiger partial charge on any atom is 0.255 e. The zero-order valence-electron chi connectivity index (χ0n) is 12.8. The monoisotopic (exact) mass is 382 g/mol. The van der Waals surface area contributed by atoms with Gasteiger partial charge in [-0.05, 0) is 48.0 Å². The van der Waals surface area contributed by atoms with Crippen molar-refractivity contribution in [1.82, 2.24) is 10.3 Å². The zero-order valence-corrected chi connectivity index (χ0v) is 14.4. The van der Waals surface area contributed by atoms with Gasteiger partial charge in [-0.2, -0.15) is 0 Å². The van der Waals surface area contributed by atoms with Crippen molar-refractivity contribution >= 4 is 21.8 Å². The molecule has 1 N–H and O–H groups in total. The highest BCUT2D eigenvalue weighted by Crippen LogP contribution is 2.27. The van der Waals surface area contributed by atoms with Crippen LogP contribution in [-0.4, -0.2) is 10.9 Å². The van der Waals surface area contributed by atoms with Crippen molar-refractivity contribution in [1.29, 1.82) is 0 Å². The van der Waals surface area contributed by atoms with Crippen molar-refractivity contribution < 1.29 is 9.53 Å². The van der Waals surface area contributed by atoms with Crippen LogP contribution in [0, 0.1) is 0 Å². The first-order valence-corrected chi connectivity index (χ1v) is 8.21. The molecule has 0 aliphatic heterocycles. The summed E-state index contributed by atoms with van der Waals surface area (Å²) in [5, 5.41) is 2.90. The fraction of sp³-hybridized carbons (Fsp3) is 0.0526. The zero-order chi connectivity index (χ0) is 16.8. The lowest BCUT2D eigenvalue weighted by atomic mass is 10.1. The molecule has 1 aromatic heterocycles. The number of nitrogens with one attached hydrogen (secondary N) is 1. The summed E-state index contributed by atoms with van der Waals surface area (Å²) < 4.78 is 6.78. The summed E-state index contributed by atoms with van der Waals surface area (Å²) in [6, 6.07) is 18.4. The van der Waals surface area contributed by atoms with E-state index in [0.717, 1.165) is 10.0 Å². The summed E-state index contributed by atoms with van der Waals surface area (Å²) in [5.74, 6) is 0.999. The topological polar surface area (TPSA) is 51.2 Å². The molecule has 0 fully saturated rings. The molecular weight excluding hydrogens is 368 g/mol. The number of ether oxygens (including phenoxy) is 1. The molecule has 5 heteroatoms. The van der Waals surface area contributed by atoms with E-state index in [4.69, 9.17) is 4.74 Å². The molecule has 0 atom stereocenters. The Morgan fingerprint density at radius 3 is 2.62 bits per heavy atom. The van der Waals surface area contributed by atoms with Crippen LogP contribution in [0.25, 0.3) is 0 Å². The highest BCUT2D eigenvalue weighted by atomic mass is 79.9. The lowest BCUT2D eigenvalue weighted by molar-refractivity contribution is 0.0948. The van der Waals surface area contributed by atoms with Gasteiger partial charge in [-0.3, -0.25) is 9.78 Å². The van der Waals surface area contributed by atoms with Gasteiger partial charge in [-0.1, -0.05) is 34.1 Å². The minimum Gasteiger partial charge on any atom is -0.456 e. The number of nitrogens with zero attached hydrogens (tertiary/aromatic N) is 1. The molecule has 0 saturated heterocycles. The predicted octanol–water partition coefficient (Wildman–Crippen LogP) is 4.57. The van der Waals surface area contributed by atoms with Gasteiger partial charge in [0.25, 0.3) is 5.91 Å². The van der Waals surface area contributed by atoms with Gasteiger partial charge in [0, 0.05) is 23.4 Å². The summed E-state index contributed by atoms with van der Waals surface area (Å²) in [5.41, 5.74) is 1.48. The molecule has 120 valence electrons. The van der Waals surface area contributed by atoms with Gasteiger partial charge in [0.15, 0.2) is 0 Å². The van der Waals surface area contributed by atoms with Crippen LogP contribution in [0.2, 0.25) is 0 Å². The Morgan fingerprint density at radius 1 is 1.04 bits per heavy atom. The quantitative estimate of drug-likeness (QED) is 0.703. The average molecular weight is 383 g/mol. The standard InChI is InChI=1S/C19H15BrN2O2/c20-15-4-3-5-16(12-15)24-18-7-2-1-6-17(18)19(23)22-13-14-8-10-21-11-9-14/h1-12H,13H2,(H,22,23). The normalized spacial score (nSPS) is 10.2. The van der Waals surface area contributed by atoms with Crippen LogP contribution in [0.15, 0.2) is 77.5 Å². The lowest BCUT2D eigenvalue weighted by Crippen LogP contribution is -2.23. The fourth-order valence-corrected chi connectivity index (χ4v) is 2.56. The molecule has 0 aliphatic rings. The second-order valence-electron chi connectivity index (χ2n) is 5.09. The molecule has 3 aromatic rings. The first-order valence-electron chi connectivity index (χ1n) is 7.42. The van der Waals surface area contributed by atoms with Crippen molar-refractivity contribution in [2.24, 2.45) is 0 Å². The largest absolute Gasteiger partial charge is 0.456 e. The Hall–Kier alpha value is -2.66. The van der Waals surface area contributed by atoms with Crippen LogP contribution in [0.3, 0.4) is 0 Å². The first-order chi connectivity index (χ1) is 11.7. The summed E-state index contributed by atoms with van der Waals surface area (Å²) in [7, 11) is 0. The minimum absolute atomic E-state index is 0.183. The SMILES string of the molecule is O=C(NCc1ccncc1)c1ccccc1Oc1cccc(Br)c1. The molecule has 24 heavy (non-hydrogen) atoms. The third kappa shape index (κ3) is 4.20. The van der Waals surface area contributed by atoms with Crippen LogP contribution in [0.5, 0.6) is 11.5 Å². The van der Waals surface area contributed by atoms with E-state index in [-0.39, 0.29) is 5.91 Å². The second kappa shape index (κ2) is 7.75. The Morgan fingerprint density at radius 2 is 1.83 bits per heavy atom. The molecule has 0 saturated carbocycles. The van der Waals surface area contributed by atoms with Gasteiger partial charge >= 0.3 is 0 Å². The van der Waals surface area contributed by atoms with Crippen LogP contribution >= 0.6 is 15.9 Å². The molecular formula is C19H15BrN2O2. The first kappa shape index (κ1) is 16.2. The van der Waals surface area contributed by atoms with Gasteiger partial charge in [0.05, 0.1) is 5.56 Å². The van der Waals surface area contributed by atoms with Crippen molar-refractivity contribution in [3.8, 4) is 11.5 Å². The Labute approximate surface area is 148 Å². The van der Waals surface area contributed by atoms with Crippen molar-refractivity contribution in [2.75, 3.05) is 0 Å². The van der Waals surface area contributed by atoms with Crippen LogP contribution in [-0.2, 0) is 6.54 Å². The van der Waals surface area contributed by atoms with Crippen LogP contribution < -0.4 is 10.1 Å². The fourth-order valence-electron chi connectivity index (χ4n) is 2.18. The summed E-state index contributed by atoms with van der Waals surface area (Å²) in [6.07, 6.45) is 3.40. The number of benzene rings is 2. The minimum atomic E-state index is -0.183. The Bertz CT molecular complexity index is 838. The molecule has 0 unspecified atom stereocenters. The van der Waals surface area contributed by atoms with Gasteiger partial charge < -0.3 is 10.1 Å². The number of para-hydroxylation sites is 1. The molecule has 0 spiro atoms. The third-order valence-corrected chi connectivity index (χ3v) is 3.85. The third-order valence-electron chi connectivity index (χ3n) is 3.36. The molecule has 1 amide bonds. The van der Waals surface area contributed by atoms with E-state index < -0.39 is 0 Å². The number of hydrogen-bond acceptors (Lipinski definition) is 3. The number of pyridine rings is 1. The molecule has 4 nitrogen and oxygen atoms in total. The molecule has 0 radical (unpaired) electrons. The number of rotatable bonds is 5. The van der Waals surface area contributed by atoms with E-state index in [1.54, 1.807) is 24.5 Å². The molecule has 0 aliphatic carbocycles. The van der Waals surface area contributed by atoms with E-state index in [0.29, 0.717) is 23.6 Å². The second-order valence-corrected chi connectivity index (χ2v) is 6.01. The summed E-state index contributed by atoms with van der Waals surface area (Å²) in [6.45, 7) is 0.437. The highest BCUT2D eigenvalue weighted by molar-refractivity contribution is 9.10. The number of carbonyl (C=O) groups excluding carboxylic acids is 1.